The highest BCUT2D eigenvalue weighted by Crippen LogP contribution is 2.29. The lowest BCUT2D eigenvalue weighted by atomic mass is 10.3. The molecular weight excluding hydrogens is 295 g/mol. The summed E-state index contributed by atoms with van der Waals surface area (Å²) in [5.74, 6) is 0. The van der Waals surface area contributed by atoms with Crippen LogP contribution in [0.25, 0.3) is 5.69 Å². The van der Waals surface area contributed by atoms with Crippen LogP contribution in [0.1, 0.15) is 12.6 Å². The van der Waals surface area contributed by atoms with Gasteiger partial charge in [0, 0.05) is 25.0 Å². The van der Waals surface area contributed by atoms with Gasteiger partial charge in [0.2, 0.25) is 0 Å². The van der Waals surface area contributed by atoms with Gasteiger partial charge >= 0.3 is 0 Å². The summed E-state index contributed by atoms with van der Waals surface area (Å²) in [7, 11) is 0. The van der Waals surface area contributed by atoms with Crippen LogP contribution in [-0.2, 0) is 6.54 Å². The Bertz CT molecular complexity index is 569. The number of nitrogens with zero attached hydrogens (tertiary/aromatic N) is 2. The minimum absolute atomic E-state index is 0.159. The van der Waals surface area contributed by atoms with Crippen molar-refractivity contribution in [2.75, 3.05) is 19.7 Å². The van der Waals surface area contributed by atoms with E-state index in [0.717, 1.165) is 24.5 Å². The van der Waals surface area contributed by atoms with E-state index in [0.29, 0.717) is 16.6 Å². The Labute approximate surface area is 129 Å². The normalized spacial score (nSPS) is 11.2. The SMILES string of the molecule is CCN(CCO)Cc1cccn1-c1cccc(Cl)c1Cl. The fourth-order valence-corrected chi connectivity index (χ4v) is 2.56. The van der Waals surface area contributed by atoms with E-state index in [1.54, 1.807) is 6.07 Å². The van der Waals surface area contributed by atoms with E-state index in [9.17, 15) is 0 Å². The molecule has 0 atom stereocenters. The van der Waals surface area contributed by atoms with Crippen LogP contribution in [0.15, 0.2) is 36.5 Å². The first-order valence-electron chi connectivity index (χ1n) is 6.61. The van der Waals surface area contributed by atoms with Crippen LogP contribution < -0.4 is 0 Å². The van der Waals surface area contributed by atoms with Crippen LogP contribution in [-0.4, -0.2) is 34.3 Å². The van der Waals surface area contributed by atoms with Crippen molar-refractivity contribution < 1.29 is 5.11 Å². The second-order valence-electron chi connectivity index (χ2n) is 4.53. The van der Waals surface area contributed by atoms with E-state index in [-0.39, 0.29) is 6.61 Å². The predicted molar refractivity (Wildman–Crippen MR) is 83.8 cm³/mol. The van der Waals surface area contributed by atoms with Crippen LogP contribution in [0.4, 0.5) is 0 Å². The molecule has 0 bridgehead atoms. The Balaban J connectivity index is 2.30. The van der Waals surface area contributed by atoms with Crippen molar-refractivity contribution >= 4 is 23.2 Å². The molecule has 0 aliphatic carbocycles. The van der Waals surface area contributed by atoms with E-state index in [4.69, 9.17) is 28.3 Å². The number of aliphatic hydroxyl groups is 1. The molecule has 108 valence electrons. The van der Waals surface area contributed by atoms with Gasteiger partial charge in [0.1, 0.15) is 0 Å². The van der Waals surface area contributed by atoms with Crippen LogP contribution in [0.2, 0.25) is 10.0 Å². The average Bonchev–Trinajstić information content (AvgIpc) is 2.89. The molecule has 5 heteroatoms. The van der Waals surface area contributed by atoms with E-state index in [1.807, 2.05) is 29.0 Å². The van der Waals surface area contributed by atoms with Crippen LogP contribution >= 0.6 is 23.2 Å². The van der Waals surface area contributed by atoms with Gasteiger partial charge in [0.05, 0.1) is 22.3 Å². The number of rotatable bonds is 6. The molecule has 3 nitrogen and oxygen atoms in total. The van der Waals surface area contributed by atoms with Crippen LogP contribution in [0.5, 0.6) is 0 Å². The number of hydrogen-bond donors (Lipinski definition) is 1. The van der Waals surface area contributed by atoms with Gasteiger partial charge in [-0.2, -0.15) is 0 Å². The predicted octanol–water partition coefficient (Wildman–Crippen LogP) is 3.60. The number of halogens is 2. The molecule has 1 N–H and O–H groups in total. The monoisotopic (exact) mass is 312 g/mol. The van der Waals surface area contributed by atoms with Gasteiger partial charge in [-0.15, -0.1) is 0 Å². The van der Waals surface area contributed by atoms with Crippen LogP contribution in [0, 0.1) is 0 Å². The molecule has 20 heavy (non-hydrogen) atoms. The molecule has 0 saturated carbocycles. The molecular formula is C15H18Cl2N2O. The quantitative estimate of drug-likeness (QED) is 0.882. The van der Waals surface area contributed by atoms with Gasteiger partial charge in [-0.05, 0) is 30.8 Å². The summed E-state index contributed by atoms with van der Waals surface area (Å²) in [5.41, 5.74) is 1.99. The van der Waals surface area contributed by atoms with Gasteiger partial charge in [-0.1, -0.05) is 36.2 Å². The first-order valence-corrected chi connectivity index (χ1v) is 7.36. The molecule has 0 amide bonds. The van der Waals surface area contributed by atoms with Crippen LogP contribution in [0.3, 0.4) is 0 Å². The summed E-state index contributed by atoms with van der Waals surface area (Å²) in [5, 5.41) is 10.2. The third kappa shape index (κ3) is 3.36. The highest BCUT2D eigenvalue weighted by molar-refractivity contribution is 6.43. The first kappa shape index (κ1) is 15.4. The maximum atomic E-state index is 9.08. The third-order valence-electron chi connectivity index (χ3n) is 3.27. The second kappa shape index (κ2) is 7.14. The highest BCUT2D eigenvalue weighted by atomic mass is 35.5. The number of likely N-dealkylation sites (N-methyl/N-ethyl adjacent to an activating group) is 1. The molecule has 1 heterocycles. The molecule has 0 spiro atoms. The van der Waals surface area contributed by atoms with Crippen molar-refractivity contribution in [2.24, 2.45) is 0 Å². The Morgan fingerprint density at radius 1 is 1.20 bits per heavy atom. The third-order valence-corrected chi connectivity index (χ3v) is 4.08. The topological polar surface area (TPSA) is 28.4 Å². The first-order chi connectivity index (χ1) is 9.67. The summed E-state index contributed by atoms with van der Waals surface area (Å²) in [4.78, 5) is 2.17. The van der Waals surface area contributed by atoms with Gasteiger partial charge in [-0.3, -0.25) is 4.90 Å². The van der Waals surface area contributed by atoms with E-state index >= 15 is 0 Å². The van der Waals surface area contributed by atoms with Gasteiger partial charge in [-0.25, -0.2) is 0 Å². The molecule has 0 unspecified atom stereocenters. The van der Waals surface area contributed by atoms with Crippen molar-refractivity contribution in [3.8, 4) is 5.69 Å². The van der Waals surface area contributed by atoms with Crippen molar-refractivity contribution in [2.45, 2.75) is 13.5 Å². The summed E-state index contributed by atoms with van der Waals surface area (Å²) >= 11 is 12.4. The Morgan fingerprint density at radius 3 is 2.70 bits per heavy atom. The minimum atomic E-state index is 0.159. The average molecular weight is 313 g/mol. The highest BCUT2D eigenvalue weighted by Gasteiger charge is 2.11. The van der Waals surface area contributed by atoms with Gasteiger partial charge in [0.25, 0.3) is 0 Å². The molecule has 0 fully saturated rings. The lowest BCUT2D eigenvalue weighted by Crippen LogP contribution is -2.27. The van der Waals surface area contributed by atoms with Gasteiger partial charge in [0.15, 0.2) is 0 Å². The van der Waals surface area contributed by atoms with E-state index in [2.05, 4.69) is 17.9 Å². The fraction of sp³-hybridized carbons (Fsp3) is 0.333. The number of aliphatic hydroxyl groups excluding tert-OH is 1. The summed E-state index contributed by atoms with van der Waals surface area (Å²) < 4.78 is 2.04. The Morgan fingerprint density at radius 2 is 2.00 bits per heavy atom. The smallest absolute Gasteiger partial charge is 0.0832 e. The summed E-state index contributed by atoms with van der Waals surface area (Å²) in [6.07, 6.45) is 1.97. The largest absolute Gasteiger partial charge is 0.395 e. The summed E-state index contributed by atoms with van der Waals surface area (Å²) in [6, 6.07) is 9.65. The molecule has 2 rings (SSSR count). The summed E-state index contributed by atoms with van der Waals surface area (Å²) in [6.45, 7) is 4.54. The van der Waals surface area contributed by atoms with Crippen molar-refractivity contribution in [3.63, 3.8) is 0 Å². The second-order valence-corrected chi connectivity index (χ2v) is 5.32. The molecule has 0 radical (unpaired) electrons. The van der Waals surface area contributed by atoms with Gasteiger partial charge < -0.3 is 9.67 Å². The van der Waals surface area contributed by atoms with Crippen molar-refractivity contribution in [1.82, 2.24) is 9.47 Å². The standard InChI is InChI=1S/C15H18Cl2N2O/c1-2-18(9-10-20)11-12-5-4-8-19(12)14-7-3-6-13(16)15(14)17/h3-8,20H,2,9-11H2,1H3. The zero-order chi connectivity index (χ0) is 14.5. The number of benzene rings is 1. The molecule has 0 aliphatic heterocycles. The molecule has 1 aromatic heterocycles. The zero-order valence-electron chi connectivity index (χ0n) is 11.4. The number of aromatic nitrogens is 1. The van der Waals surface area contributed by atoms with E-state index in [1.165, 1.54) is 0 Å². The fourth-order valence-electron chi connectivity index (χ4n) is 2.18. The van der Waals surface area contributed by atoms with Crippen molar-refractivity contribution in [3.05, 3.63) is 52.3 Å². The lowest BCUT2D eigenvalue weighted by Gasteiger charge is -2.20. The number of hydrogen-bond acceptors (Lipinski definition) is 2. The lowest BCUT2D eigenvalue weighted by molar-refractivity contribution is 0.195. The molecule has 2 aromatic rings. The van der Waals surface area contributed by atoms with E-state index < -0.39 is 0 Å². The van der Waals surface area contributed by atoms with Crippen molar-refractivity contribution in [1.29, 1.82) is 0 Å². The zero-order valence-corrected chi connectivity index (χ0v) is 12.9. The maximum Gasteiger partial charge on any atom is 0.0832 e. The maximum absolute atomic E-state index is 9.08. The Kier molecular flexibility index (Phi) is 5.49. The molecule has 0 saturated heterocycles. The minimum Gasteiger partial charge on any atom is -0.395 e. The molecule has 1 aromatic carbocycles. The molecule has 0 aliphatic rings. The Hall–Kier alpha value is -1.000.